The third-order valence-electron chi connectivity index (χ3n) is 4.65. The molecule has 2 N–H and O–H groups in total. The van der Waals surface area contributed by atoms with Crippen LogP contribution in [0.4, 0.5) is 0 Å². The normalized spacial score (nSPS) is 23.0. The molecule has 1 saturated carbocycles. The van der Waals surface area contributed by atoms with Crippen LogP contribution >= 0.6 is 0 Å². The Morgan fingerprint density at radius 3 is 2.33 bits per heavy atom. The number of nitrogens with one attached hydrogen (secondary N) is 1. The van der Waals surface area contributed by atoms with Crippen LogP contribution in [0, 0.1) is 11.8 Å². The van der Waals surface area contributed by atoms with E-state index in [-0.39, 0.29) is 18.5 Å². The average Bonchev–Trinajstić information content (AvgIpc) is 2.36. The Morgan fingerprint density at radius 1 is 1.29 bits per heavy atom. The fourth-order valence-electron chi connectivity index (χ4n) is 3.05. The molecule has 0 aromatic carbocycles. The lowest BCUT2D eigenvalue weighted by Gasteiger charge is -2.42. The number of hydrogen-bond acceptors (Lipinski definition) is 3. The van der Waals surface area contributed by atoms with Gasteiger partial charge in [-0.2, -0.15) is 0 Å². The molecular formula is C16H30N2O3. The number of likely N-dealkylation sites (N-methyl/N-ethyl adjacent to an activating group) is 1. The lowest BCUT2D eigenvalue weighted by molar-refractivity contribution is -0.139. The van der Waals surface area contributed by atoms with E-state index in [9.17, 15) is 9.59 Å². The van der Waals surface area contributed by atoms with Crippen LogP contribution in [-0.2, 0) is 9.59 Å². The molecule has 5 heteroatoms. The lowest BCUT2D eigenvalue weighted by atomic mass is 9.84. The zero-order chi connectivity index (χ0) is 16.0. The van der Waals surface area contributed by atoms with E-state index >= 15 is 0 Å². The van der Waals surface area contributed by atoms with Crippen molar-refractivity contribution < 1.29 is 14.7 Å². The summed E-state index contributed by atoms with van der Waals surface area (Å²) in [6, 6.07) is 0.512. The largest absolute Gasteiger partial charge is 0.480 e. The predicted molar refractivity (Wildman–Crippen MR) is 83.1 cm³/mol. The Hall–Kier alpha value is -1.10. The van der Waals surface area contributed by atoms with E-state index in [1.165, 1.54) is 0 Å². The quantitative estimate of drug-likeness (QED) is 0.684. The zero-order valence-corrected chi connectivity index (χ0v) is 13.8. The first-order valence-corrected chi connectivity index (χ1v) is 8.12. The summed E-state index contributed by atoms with van der Waals surface area (Å²) in [7, 11) is 0. The van der Waals surface area contributed by atoms with E-state index in [1.807, 2.05) is 11.8 Å². The molecule has 1 unspecified atom stereocenters. The van der Waals surface area contributed by atoms with E-state index in [1.54, 1.807) is 0 Å². The predicted octanol–water partition coefficient (Wildman–Crippen LogP) is 2.11. The molecule has 0 heterocycles. The van der Waals surface area contributed by atoms with Gasteiger partial charge in [-0.15, -0.1) is 0 Å². The molecule has 122 valence electrons. The van der Waals surface area contributed by atoms with Crippen molar-refractivity contribution in [3.8, 4) is 0 Å². The van der Waals surface area contributed by atoms with Crippen molar-refractivity contribution in [2.45, 2.75) is 65.5 Å². The Morgan fingerprint density at radius 2 is 1.90 bits per heavy atom. The number of aliphatic carboxylic acids is 1. The number of nitrogens with zero attached hydrogens (tertiary/aromatic N) is 1. The Kier molecular flexibility index (Phi) is 7.15. The van der Waals surface area contributed by atoms with Crippen LogP contribution in [-0.4, -0.2) is 47.1 Å². The van der Waals surface area contributed by atoms with Crippen molar-refractivity contribution >= 4 is 11.9 Å². The molecule has 1 rings (SSSR count). The second-order valence-electron chi connectivity index (χ2n) is 6.46. The Balaban J connectivity index is 2.30. The van der Waals surface area contributed by atoms with Crippen molar-refractivity contribution in [3.05, 3.63) is 0 Å². The molecule has 0 spiro atoms. The van der Waals surface area contributed by atoms with Gasteiger partial charge in [-0.3, -0.25) is 14.5 Å². The van der Waals surface area contributed by atoms with Gasteiger partial charge < -0.3 is 10.4 Å². The highest BCUT2D eigenvalue weighted by Gasteiger charge is 2.34. The van der Waals surface area contributed by atoms with Gasteiger partial charge in [0.2, 0.25) is 5.91 Å². The number of hydrogen-bond donors (Lipinski definition) is 2. The van der Waals surface area contributed by atoms with Gasteiger partial charge in [0.1, 0.15) is 0 Å². The minimum Gasteiger partial charge on any atom is -0.480 e. The van der Waals surface area contributed by atoms with Crippen molar-refractivity contribution in [1.29, 1.82) is 0 Å². The number of carboxylic acid groups (broad SMARTS) is 1. The Labute approximate surface area is 128 Å². The molecule has 1 amide bonds. The smallest absolute Gasteiger partial charge is 0.317 e. The minimum absolute atomic E-state index is 0.0904. The van der Waals surface area contributed by atoms with Gasteiger partial charge in [0, 0.05) is 18.5 Å². The van der Waals surface area contributed by atoms with Crippen LogP contribution in [0.2, 0.25) is 0 Å². The van der Waals surface area contributed by atoms with Crippen LogP contribution in [0.15, 0.2) is 0 Å². The highest BCUT2D eigenvalue weighted by atomic mass is 16.4. The van der Waals surface area contributed by atoms with Crippen LogP contribution < -0.4 is 5.32 Å². The van der Waals surface area contributed by atoms with E-state index in [0.29, 0.717) is 24.3 Å². The van der Waals surface area contributed by atoms with Gasteiger partial charge >= 0.3 is 5.97 Å². The molecule has 21 heavy (non-hydrogen) atoms. The van der Waals surface area contributed by atoms with Crippen molar-refractivity contribution in [3.63, 3.8) is 0 Å². The number of amides is 1. The molecule has 0 aromatic heterocycles. The molecule has 0 saturated heterocycles. The SMILES string of the molecule is CCC(CC(=O)NC1CC(N(CC)CC(=O)O)C1)C(C)C. The van der Waals surface area contributed by atoms with Gasteiger partial charge in [-0.25, -0.2) is 0 Å². The topological polar surface area (TPSA) is 69.6 Å². The lowest BCUT2D eigenvalue weighted by Crippen LogP contribution is -2.55. The summed E-state index contributed by atoms with van der Waals surface area (Å²) in [5.41, 5.74) is 0. The van der Waals surface area contributed by atoms with Gasteiger partial charge in [-0.1, -0.05) is 34.1 Å². The van der Waals surface area contributed by atoms with Gasteiger partial charge in [0.15, 0.2) is 0 Å². The molecule has 1 aliphatic rings. The second-order valence-corrected chi connectivity index (χ2v) is 6.46. The van der Waals surface area contributed by atoms with Gasteiger partial charge in [0.05, 0.1) is 6.54 Å². The summed E-state index contributed by atoms with van der Waals surface area (Å²) < 4.78 is 0. The van der Waals surface area contributed by atoms with Crippen LogP contribution in [0.3, 0.4) is 0 Å². The molecule has 1 fully saturated rings. The third-order valence-corrected chi connectivity index (χ3v) is 4.65. The van der Waals surface area contributed by atoms with E-state index < -0.39 is 5.97 Å². The van der Waals surface area contributed by atoms with Gasteiger partial charge in [0.25, 0.3) is 0 Å². The summed E-state index contributed by atoms with van der Waals surface area (Å²) in [6.07, 6.45) is 3.36. The average molecular weight is 298 g/mol. The van der Waals surface area contributed by atoms with Crippen molar-refractivity contribution in [1.82, 2.24) is 10.2 Å². The van der Waals surface area contributed by atoms with Crippen LogP contribution in [0.1, 0.15) is 53.4 Å². The maximum absolute atomic E-state index is 12.0. The summed E-state index contributed by atoms with van der Waals surface area (Å²) in [6.45, 7) is 9.25. The molecule has 1 aliphatic carbocycles. The van der Waals surface area contributed by atoms with Crippen molar-refractivity contribution in [2.75, 3.05) is 13.1 Å². The fourth-order valence-corrected chi connectivity index (χ4v) is 3.05. The molecular weight excluding hydrogens is 268 g/mol. The third kappa shape index (κ3) is 5.65. The number of carboxylic acids is 1. The van der Waals surface area contributed by atoms with Crippen LogP contribution in [0.5, 0.6) is 0 Å². The van der Waals surface area contributed by atoms with E-state index in [4.69, 9.17) is 5.11 Å². The number of carbonyl (C=O) groups excluding carboxylic acids is 1. The first kappa shape index (κ1) is 18.0. The standard InChI is InChI=1S/C16H30N2O3/c1-5-12(11(3)4)7-15(19)17-13-8-14(9-13)18(6-2)10-16(20)21/h11-14H,5-10H2,1-4H3,(H,17,19)(H,20,21). The Bertz CT molecular complexity index is 351. The highest BCUT2D eigenvalue weighted by molar-refractivity contribution is 5.76. The number of carbonyl (C=O) groups is 2. The first-order chi connectivity index (χ1) is 9.87. The first-order valence-electron chi connectivity index (χ1n) is 8.12. The molecule has 1 atom stereocenters. The molecule has 5 nitrogen and oxygen atoms in total. The molecule has 0 radical (unpaired) electrons. The molecule has 0 aliphatic heterocycles. The van der Waals surface area contributed by atoms with E-state index in [0.717, 1.165) is 25.8 Å². The highest BCUT2D eigenvalue weighted by Crippen LogP contribution is 2.26. The number of rotatable bonds is 9. The van der Waals surface area contributed by atoms with Crippen molar-refractivity contribution in [2.24, 2.45) is 11.8 Å². The summed E-state index contributed by atoms with van der Waals surface area (Å²) in [5, 5.41) is 11.9. The van der Waals surface area contributed by atoms with Crippen LogP contribution in [0.25, 0.3) is 0 Å². The molecule has 0 bridgehead atoms. The molecule has 0 aromatic rings. The summed E-state index contributed by atoms with van der Waals surface area (Å²) in [4.78, 5) is 24.8. The van der Waals surface area contributed by atoms with E-state index in [2.05, 4.69) is 26.1 Å². The monoisotopic (exact) mass is 298 g/mol. The summed E-state index contributed by atoms with van der Waals surface area (Å²) >= 11 is 0. The maximum atomic E-state index is 12.0. The summed E-state index contributed by atoms with van der Waals surface area (Å²) in [5.74, 6) is 0.327. The maximum Gasteiger partial charge on any atom is 0.317 e. The fraction of sp³-hybridized carbons (Fsp3) is 0.875. The van der Waals surface area contributed by atoms with Gasteiger partial charge in [-0.05, 0) is 31.2 Å². The minimum atomic E-state index is -0.785. The zero-order valence-electron chi connectivity index (χ0n) is 13.8. The second kappa shape index (κ2) is 8.37.